The first-order valence-corrected chi connectivity index (χ1v) is 10.7. The lowest BCUT2D eigenvalue weighted by Crippen LogP contribution is -2.43. The number of fused-ring (bicyclic) bond motifs is 1. The van der Waals surface area contributed by atoms with Crippen molar-refractivity contribution in [2.45, 2.75) is 50.2 Å². The van der Waals surface area contributed by atoms with Crippen LogP contribution in [0.5, 0.6) is 0 Å². The van der Waals surface area contributed by atoms with Gasteiger partial charge < -0.3 is 10.4 Å². The number of aliphatic hydroxyl groups is 1. The van der Waals surface area contributed by atoms with Gasteiger partial charge in [0.25, 0.3) is 0 Å². The summed E-state index contributed by atoms with van der Waals surface area (Å²) in [6.07, 6.45) is 5.19. The number of benzene rings is 3. The van der Waals surface area contributed by atoms with Crippen molar-refractivity contribution in [1.82, 2.24) is 5.32 Å². The second-order valence-corrected chi connectivity index (χ2v) is 8.52. The molecule has 28 heavy (non-hydrogen) atoms. The second kappa shape index (κ2) is 8.65. The molecule has 3 heteroatoms. The Hall–Kier alpha value is -1.87. The molecule has 0 aliphatic heterocycles. The fourth-order valence-electron chi connectivity index (χ4n) is 4.56. The summed E-state index contributed by atoms with van der Waals surface area (Å²) in [6.45, 7) is 1.50. The zero-order chi connectivity index (χ0) is 19.4. The number of hydrogen-bond acceptors (Lipinski definition) is 2. The van der Waals surface area contributed by atoms with Gasteiger partial charge in [-0.1, -0.05) is 85.5 Å². The molecule has 4 rings (SSSR count). The third-order valence-electron chi connectivity index (χ3n) is 6.11. The zero-order valence-corrected chi connectivity index (χ0v) is 17.0. The predicted molar refractivity (Wildman–Crippen MR) is 120 cm³/mol. The van der Waals surface area contributed by atoms with E-state index in [0.717, 1.165) is 43.8 Å². The highest BCUT2D eigenvalue weighted by Crippen LogP contribution is 2.40. The van der Waals surface area contributed by atoms with Gasteiger partial charge in [0.2, 0.25) is 0 Å². The molecule has 1 fully saturated rings. The van der Waals surface area contributed by atoms with Crippen molar-refractivity contribution in [3.8, 4) is 0 Å². The van der Waals surface area contributed by atoms with Gasteiger partial charge in [-0.3, -0.25) is 0 Å². The Kier molecular flexibility index (Phi) is 6.01. The van der Waals surface area contributed by atoms with Crippen molar-refractivity contribution in [3.05, 3.63) is 82.9 Å². The van der Waals surface area contributed by atoms with Gasteiger partial charge in [0.15, 0.2) is 0 Å². The van der Waals surface area contributed by atoms with E-state index in [2.05, 4.69) is 53.8 Å². The SMILES string of the molecule is OC1(C(CNCc2cccc(Cl)c2)c2ccc3ccccc3c2)CCCCC1.[HH]. The molecule has 0 spiro atoms. The number of hydrogen-bond donors (Lipinski definition) is 2. The average Bonchev–Trinajstić information content (AvgIpc) is 2.71. The number of rotatable bonds is 6. The Morgan fingerprint density at radius 2 is 1.71 bits per heavy atom. The van der Waals surface area contributed by atoms with Gasteiger partial charge >= 0.3 is 0 Å². The van der Waals surface area contributed by atoms with E-state index in [-0.39, 0.29) is 7.34 Å². The standard InChI is InChI=1S/C25H28ClNO.H2/c26-23-10-6-7-19(15-23)17-27-18-24(25(28)13-4-1-5-14-25)22-12-11-20-8-2-3-9-21(20)16-22;/h2-3,6-12,15-16,24,27-28H,1,4-5,13-14,17-18H2;1H. The van der Waals surface area contributed by atoms with E-state index in [4.69, 9.17) is 11.6 Å². The molecule has 0 aromatic heterocycles. The van der Waals surface area contributed by atoms with Gasteiger partial charge in [-0.25, -0.2) is 0 Å². The van der Waals surface area contributed by atoms with Crippen molar-refractivity contribution in [3.63, 3.8) is 0 Å². The summed E-state index contributed by atoms with van der Waals surface area (Å²) < 4.78 is 0. The molecule has 2 nitrogen and oxygen atoms in total. The molecule has 1 unspecified atom stereocenters. The molecule has 0 radical (unpaired) electrons. The summed E-state index contributed by atoms with van der Waals surface area (Å²) in [5.41, 5.74) is 1.75. The van der Waals surface area contributed by atoms with Gasteiger partial charge in [0, 0.05) is 25.5 Å². The van der Waals surface area contributed by atoms with Crippen LogP contribution in [0.25, 0.3) is 10.8 Å². The molecule has 0 bridgehead atoms. The minimum absolute atomic E-state index is 0. The van der Waals surface area contributed by atoms with Crippen LogP contribution >= 0.6 is 11.6 Å². The molecule has 3 aromatic carbocycles. The molecule has 0 heterocycles. The maximum Gasteiger partial charge on any atom is 0.0728 e. The van der Waals surface area contributed by atoms with Gasteiger partial charge in [-0.05, 0) is 46.9 Å². The Balaban J connectivity index is 0.00000240. The van der Waals surface area contributed by atoms with Crippen LogP contribution in [0.2, 0.25) is 5.02 Å². The van der Waals surface area contributed by atoms with Crippen LogP contribution in [-0.4, -0.2) is 17.3 Å². The van der Waals surface area contributed by atoms with Crippen LogP contribution in [0, 0.1) is 0 Å². The first kappa shape index (κ1) is 19.4. The molecule has 2 N–H and O–H groups in total. The van der Waals surface area contributed by atoms with Crippen molar-refractivity contribution >= 4 is 22.4 Å². The normalized spacial score (nSPS) is 17.5. The number of halogens is 1. The van der Waals surface area contributed by atoms with Crippen LogP contribution in [-0.2, 0) is 6.54 Å². The first-order chi connectivity index (χ1) is 13.6. The Morgan fingerprint density at radius 3 is 2.50 bits per heavy atom. The lowest BCUT2D eigenvalue weighted by molar-refractivity contribution is -0.0216. The van der Waals surface area contributed by atoms with E-state index in [1.165, 1.54) is 28.3 Å². The van der Waals surface area contributed by atoms with E-state index in [1.54, 1.807) is 0 Å². The van der Waals surface area contributed by atoms with E-state index in [0.29, 0.717) is 0 Å². The lowest BCUT2D eigenvalue weighted by atomic mass is 9.72. The van der Waals surface area contributed by atoms with E-state index in [9.17, 15) is 5.11 Å². The van der Waals surface area contributed by atoms with Crippen LogP contribution in [0.1, 0.15) is 50.6 Å². The third kappa shape index (κ3) is 4.41. The van der Waals surface area contributed by atoms with Gasteiger partial charge in [0.05, 0.1) is 5.60 Å². The van der Waals surface area contributed by atoms with E-state index >= 15 is 0 Å². The highest BCUT2D eigenvalue weighted by Gasteiger charge is 2.38. The summed E-state index contributed by atoms with van der Waals surface area (Å²) in [4.78, 5) is 0. The monoisotopic (exact) mass is 395 g/mol. The first-order valence-electron chi connectivity index (χ1n) is 10.3. The highest BCUT2D eigenvalue weighted by atomic mass is 35.5. The fraction of sp³-hybridized carbons (Fsp3) is 0.360. The van der Waals surface area contributed by atoms with E-state index in [1.807, 2.05) is 18.2 Å². The molecule has 1 atom stereocenters. The molecule has 1 aliphatic rings. The van der Waals surface area contributed by atoms with Crippen molar-refractivity contribution in [2.24, 2.45) is 0 Å². The summed E-state index contributed by atoms with van der Waals surface area (Å²) in [7, 11) is 0. The van der Waals surface area contributed by atoms with Crippen molar-refractivity contribution in [1.29, 1.82) is 0 Å². The van der Waals surface area contributed by atoms with Gasteiger partial charge in [0.1, 0.15) is 0 Å². The summed E-state index contributed by atoms with van der Waals surface area (Å²) in [6, 6.07) is 23.0. The Labute approximate surface area is 174 Å². The highest BCUT2D eigenvalue weighted by molar-refractivity contribution is 6.30. The molecular weight excluding hydrogens is 366 g/mol. The van der Waals surface area contributed by atoms with Crippen molar-refractivity contribution < 1.29 is 6.53 Å². The lowest BCUT2D eigenvalue weighted by Gasteiger charge is -2.40. The minimum Gasteiger partial charge on any atom is -0.389 e. The van der Waals surface area contributed by atoms with Crippen LogP contribution in [0.15, 0.2) is 66.7 Å². The topological polar surface area (TPSA) is 32.3 Å². The predicted octanol–water partition coefficient (Wildman–Crippen LogP) is 6.31. The molecule has 3 aromatic rings. The summed E-state index contributed by atoms with van der Waals surface area (Å²) in [5.74, 6) is 0.0802. The van der Waals surface area contributed by atoms with Crippen LogP contribution < -0.4 is 5.32 Å². The van der Waals surface area contributed by atoms with Gasteiger partial charge in [-0.2, -0.15) is 0 Å². The second-order valence-electron chi connectivity index (χ2n) is 8.08. The Morgan fingerprint density at radius 1 is 0.929 bits per heavy atom. The van der Waals surface area contributed by atoms with Crippen LogP contribution in [0.3, 0.4) is 0 Å². The maximum atomic E-state index is 11.5. The Bertz CT molecular complexity index is 939. The maximum absolute atomic E-state index is 11.5. The largest absolute Gasteiger partial charge is 0.389 e. The molecule has 148 valence electrons. The molecule has 0 amide bonds. The van der Waals surface area contributed by atoms with Gasteiger partial charge in [-0.15, -0.1) is 0 Å². The summed E-state index contributed by atoms with van der Waals surface area (Å²) >= 11 is 6.11. The molecular formula is C25H30ClNO. The van der Waals surface area contributed by atoms with Crippen molar-refractivity contribution in [2.75, 3.05) is 6.54 Å². The number of nitrogens with one attached hydrogen (secondary N) is 1. The van der Waals surface area contributed by atoms with Crippen LogP contribution in [0.4, 0.5) is 0 Å². The molecule has 0 saturated heterocycles. The van der Waals surface area contributed by atoms with E-state index < -0.39 is 5.60 Å². The smallest absolute Gasteiger partial charge is 0.0728 e. The quantitative estimate of drug-likeness (QED) is 0.512. The molecule has 1 aliphatic carbocycles. The average molecular weight is 396 g/mol. The zero-order valence-electron chi connectivity index (χ0n) is 16.2. The summed E-state index contributed by atoms with van der Waals surface area (Å²) in [5, 5.41) is 18.4. The fourth-order valence-corrected chi connectivity index (χ4v) is 4.78. The third-order valence-corrected chi connectivity index (χ3v) is 6.35. The molecule has 1 saturated carbocycles. The minimum atomic E-state index is -0.637.